The Hall–Kier alpha value is -1.26. The van der Waals surface area contributed by atoms with E-state index in [-0.39, 0.29) is 11.6 Å². The van der Waals surface area contributed by atoms with Crippen molar-refractivity contribution in [1.82, 2.24) is 5.32 Å². The van der Waals surface area contributed by atoms with Gasteiger partial charge >= 0.3 is 0 Å². The SMILES string of the molecule is CCNC1CC(CC)(COC)Oc2ccc(OC)cc21. The molecule has 0 amide bonds. The van der Waals surface area contributed by atoms with E-state index in [1.54, 1.807) is 14.2 Å². The molecule has 1 N–H and O–H groups in total. The van der Waals surface area contributed by atoms with Crippen LogP contribution >= 0.6 is 0 Å². The number of hydrogen-bond donors (Lipinski definition) is 1. The molecule has 0 spiro atoms. The molecule has 1 aromatic carbocycles. The van der Waals surface area contributed by atoms with Gasteiger partial charge in [0.1, 0.15) is 17.1 Å². The number of nitrogens with one attached hydrogen (secondary N) is 1. The Balaban J connectivity index is 2.37. The first-order valence-electron chi connectivity index (χ1n) is 7.27. The Labute approximate surface area is 121 Å². The van der Waals surface area contributed by atoms with Crippen molar-refractivity contribution < 1.29 is 14.2 Å². The second kappa shape index (κ2) is 6.46. The van der Waals surface area contributed by atoms with Crippen LogP contribution in [0.1, 0.15) is 38.3 Å². The lowest BCUT2D eigenvalue weighted by Crippen LogP contribution is -2.47. The molecule has 1 aliphatic rings. The fourth-order valence-electron chi connectivity index (χ4n) is 2.87. The third-order valence-electron chi connectivity index (χ3n) is 4.00. The summed E-state index contributed by atoms with van der Waals surface area (Å²) in [5.74, 6) is 1.80. The Morgan fingerprint density at radius 2 is 2.15 bits per heavy atom. The van der Waals surface area contributed by atoms with Gasteiger partial charge in [-0.2, -0.15) is 0 Å². The Bertz CT molecular complexity index is 449. The van der Waals surface area contributed by atoms with Crippen molar-refractivity contribution in [2.75, 3.05) is 27.4 Å². The molecule has 0 aromatic heterocycles. The van der Waals surface area contributed by atoms with Crippen LogP contribution in [0.25, 0.3) is 0 Å². The molecule has 0 saturated carbocycles. The Morgan fingerprint density at radius 3 is 2.75 bits per heavy atom. The maximum absolute atomic E-state index is 6.26. The summed E-state index contributed by atoms with van der Waals surface area (Å²) >= 11 is 0. The molecular formula is C16H25NO3. The van der Waals surface area contributed by atoms with Crippen LogP contribution in [0.4, 0.5) is 0 Å². The minimum atomic E-state index is -0.247. The quantitative estimate of drug-likeness (QED) is 0.869. The summed E-state index contributed by atoms with van der Waals surface area (Å²) in [6.45, 7) is 5.81. The largest absolute Gasteiger partial charge is 0.497 e. The Kier molecular flexibility index (Phi) is 4.89. The van der Waals surface area contributed by atoms with Crippen LogP contribution in [0.2, 0.25) is 0 Å². The molecule has 2 rings (SSSR count). The van der Waals surface area contributed by atoms with Gasteiger partial charge in [0.15, 0.2) is 0 Å². The summed E-state index contributed by atoms with van der Waals surface area (Å²) in [6, 6.07) is 6.28. The molecule has 0 radical (unpaired) electrons. The van der Waals surface area contributed by atoms with E-state index in [9.17, 15) is 0 Å². The van der Waals surface area contributed by atoms with Crippen molar-refractivity contribution in [2.24, 2.45) is 0 Å². The first kappa shape index (κ1) is 15.1. The van der Waals surface area contributed by atoms with Gasteiger partial charge in [0.05, 0.1) is 13.7 Å². The minimum Gasteiger partial charge on any atom is -0.497 e. The zero-order chi connectivity index (χ0) is 14.6. The smallest absolute Gasteiger partial charge is 0.134 e. The van der Waals surface area contributed by atoms with Gasteiger partial charge in [-0.1, -0.05) is 13.8 Å². The van der Waals surface area contributed by atoms with E-state index in [0.29, 0.717) is 6.61 Å². The number of fused-ring (bicyclic) bond motifs is 1. The molecule has 2 atom stereocenters. The minimum absolute atomic E-state index is 0.247. The number of benzene rings is 1. The van der Waals surface area contributed by atoms with Gasteiger partial charge in [-0.3, -0.25) is 0 Å². The van der Waals surface area contributed by atoms with Crippen molar-refractivity contribution in [3.63, 3.8) is 0 Å². The van der Waals surface area contributed by atoms with Crippen LogP contribution in [0.15, 0.2) is 18.2 Å². The average molecular weight is 279 g/mol. The lowest BCUT2D eigenvalue weighted by molar-refractivity contribution is -0.0369. The molecule has 1 aliphatic heterocycles. The van der Waals surface area contributed by atoms with E-state index in [1.807, 2.05) is 12.1 Å². The average Bonchev–Trinajstić information content (AvgIpc) is 2.47. The summed E-state index contributed by atoms with van der Waals surface area (Å²) < 4.78 is 17.0. The summed E-state index contributed by atoms with van der Waals surface area (Å²) in [7, 11) is 3.42. The molecule has 4 nitrogen and oxygen atoms in total. The van der Waals surface area contributed by atoms with Crippen molar-refractivity contribution in [3.05, 3.63) is 23.8 Å². The number of hydrogen-bond acceptors (Lipinski definition) is 4. The van der Waals surface area contributed by atoms with Crippen molar-refractivity contribution in [3.8, 4) is 11.5 Å². The van der Waals surface area contributed by atoms with E-state index < -0.39 is 0 Å². The first-order valence-corrected chi connectivity index (χ1v) is 7.27. The molecule has 0 bridgehead atoms. The molecule has 0 saturated heterocycles. The summed E-state index contributed by atoms with van der Waals surface area (Å²) in [6.07, 6.45) is 1.83. The van der Waals surface area contributed by atoms with E-state index in [1.165, 1.54) is 5.56 Å². The van der Waals surface area contributed by atoms with Crippen LogP contribution in [0.5, 0.6) is 11.5 Å². The van der Waals surface area contributed by atoms with Crippen LogP contribution < -0.4 is 14.8 Å². The molecule has 2 unspecified atom stereocenters. The van der Waals surface area contributed by atoms with E-state index in [4.69, 9.17) is 14.2 Å². The molecule has 0 fully saturated rings. The van der Waals surface area contributed by atoms with Crippen molar-refractivity contribution in [1.29, 1.82) is 0 Å². The highest BCUT2D eigenvalue weighted by Crippen LogP contribution is 2.42. The van der Waals surface area contributed by atoms with E-state index in [0.717, 1.165) is 30.9 Å². The highest BCUT2D eigenvalue weighted by Gasteiger charge is 2.39. The van der Waals surface area contributed by atoms with Gasteiger partial charge in [0.2, 0.25) is 0 Å². The molecule has 0 aliphatic carbocycles. The lowest BCUT2D eigenvalue weighted by Gasteiger charge is -2.41. The zero-order valence-electron chi connectivity index (χ0n) is 12.9. The Morgan fingerprint density at radius 1 is 1.35 bits per heavy atom. The van der Waals surface area contributed by atoms with Gasteiger partial charge < -0.3 is 19.5 Å². The number of methoxy groups -OCH3 is 2. The molecule has 4 heteroatoms. The monoisotopic (exact) mass is 279 g/mol. The molecule has 1 aromatic rings. The zero-order valence-corrected chi connectivity index (χ0v) is 12.9. The van der Waals surface area contributed by atoms with E-state index >= 15 is 0 Å². The highest BCUT2D eigenvalue weighted by atomic mass is 16.5. The fourth-order valence-corrected chi connectivity index (χ4v) is 2.87. The second-order valence-electron chi connectivity index (χ2n) is 5.29. The van der Waals surface area contributed by atoms with Gasteiger partial charge in [-0.15, -0.1) is 0 Å². The summed E-state index contributed by atoms with van der Waals surface area (Å²) in [4.78, 5) is 0. The van der Waals surface area contributed by atoms with Crippen LogP contribution in [-0.4, -0.2) is 33.0 Å². The number of ether oxygens (including phenoxy) is 3. The first-order chi connectivity index (χ1) is 9.68. The van der Waals surface area contributed by atoms with E-state index in [2.05, 4.69) is 25.2 Å². The fraction of sp³-hybridized carbons (Fsp3) is 0.625. The van der Waals surface area contributed by atoms with Crippen LogP contribution in [0, 0.1) is 0 Å². The molecular weight excluding hydrogens is 254 g/mol. The standard InChI is InChI=1S/C16H25NO3/c1-5-16(11-18-3)10-14(17-6-2)13-9-12(19-4)7-8-15(13)20-16/h7-9,14,17H,5-6,10-11H2,1-4H3. The predicted octanol–water partition coefficient (Wildman–Crippen LogP) is 2.92. The predicted molar refractivity (Wildman–Crippen MR) is 79.6 cm³/mol. The highest BCUT2D eigenvalue weighted by molar-refractivity contribution is 5.44. The van der Waals surface area contributed by atoms with Crippen molar-refractivity contribution in [2.45, 2.75) is 38.3 Å². The normalized spacial score (nSPS) is 24.9. The third-order valence-corrected chi connectivity index (χ3v) is 4.00. The number of rotatable bonds is 6. The topological polar surface area (TPSA) is 39.7 Å². The molecule has 1 heterocycles. The van der Waals surface area contributed by atoms with Gasteiger partial charge in [0.25, 0.3) is 0 Å². The third kappa shape index (κ3) is 2.91. The van der Waals surface area contributed by atoms with Crippen LogP contribution in [-0.2, 0) is 4.74 Å². The molecule has 20 heavy (non-hydrogen) atoms. The maximum Gasteiger partial charge on any atom is 0.134 e. The summed E-state index contributed by atoms with van der Waals surface area (Å²) in [5, 5.41) is 3.55. The van der Waals surface area contributed by atoms with Gasteiger partial charge in [0, 0.05) is 25.1 Å². The maximum atomic E-state index is 6.26. The van der Waals surface area contributed by atoms with Crippen molar-refractivity contribution >= 4 is 0 Å². The van der Waals surface area contributed by atoms with Gasteiger partial charge in [-0.25, -0.2) is 0 Å². The molecule has 112 valence electrons. The lowest BCUT2D eigenvalue weighted by atomic mass is 9.85. The van der Waals surface area contributed by atoms with Crippen LogP contribution in [0.3, 0.4) is 0 Å². The van der Waals surface area contributed by atoms with Gasteiger partial charge in [-0.05, 0) is 31.2 Å². The second-order valence-corrected chi connectivity index (χ2v) is 5.29. The summed E-state index contributed by atoms with van der Waals surface area (Å²) in [5.41, 5.74) is 0.926.